The maximum absolute atomic E-state index is 3.75. The van der Waals surface area contributed by atoms with Gasteiger partial charge in [0.25, 0.3) is 0 Å². The molecule has 1 rings (SSSR count). The second-order valence-electron chi connectivity index (χ2n) is 8.67. The molecule has 21 heavy (non-hydrogen) atoms. The van der Waals surface area contributed by atoms with Crippen LogP contribution in [0.4, 0.5) is 0 Å². The van der Waals surface area contributed by atoms with Gasteiger partial charge in [-0.05, 0) is 76.8 Å². The summed E-state index contributed by atoms with van der Waals surface area (Å²) in [5.41, 5.74) is 0.665. The Morgan fingerprint density at radius 1 is 1.05 bits per heavy atom. The molecule has 1 fully saturated rings. The molecule has 1 aliphatic heterocycles. The zero-order valence-electron chi connectivity index (χ0n) is 15.8. The summed E-state index contributed by atoms with van der Waals surface area (Å²) in [5, 5.41) is 3.75. The highest BCUT2D eigenvalue weighted by atomic mass is 15.1. The van der Waals surface area contributed by atoms with Crippen LogP contribution < -0.4 is 5.32 Å². The number of nitrogens with zero attached hydrogens (tertiary/aromatic N) is 1. The molecular weight excluding hydrogens is 256 g/mol. The Bertz CT molecular complexity index is 278. The standard InChI is InChI=1S/C19H40N2/c1-8-19(9-2,14-20-18(5,6)7)15-21-12-10-17(11-13-21)16(3)4/h16-17,20H,8-15H2,1-7H3. The molecule has 126 valence electrons. The highest BCUT2D eigenvalue weighted by Gasteiger charge is 2.32. The molecule has 1 saturated heterocycles. The van der Waals surface area contributed by atoms with Crippen molar-refractivity contribution in [2.24, 2.45) is 17.3 Å². The van der Waals surface area contributed by atoms with Crippen LogP contribution in [0.2, 0.25) is 0 Å². The van der Waals surface area contributed by atoms with Crippen molar-refractivity contribution in [2.75, 3.05) is 26.2 Å². The van der Waals surface area contributed by atoms with E-state index in [2.05, 4.69) is 58.7 Å². The van der Waals surface area contributed by atoms with Crippen LogP contribution in [0.1, 0.15) is 74.1 Å². The van der Waals surface area contributed by atoms with E-state index < -0.39 is 0 Å². The van der Waals surface area contributed by atoms with Gasteiger partial charge < -0.3 is 10.2 Å². The van der Waals surface area contributed by atoms with E-state index in [-0.39, 0.29) is 5.54 Å². The van der Waals surface area contributed by atoms with Crippen LogP contribution in [0.3, 0.4) is 0 Å². The molecule has 0 saturated carbocycles. The fraction of sp³-hybridized carbons (Fsp3) is 1.00. The van der Waals surface area contributed by atoms with Crippen molar-refractivity contribution in [3.05, 3.63) is 0 Å². The molecule has 0 bridgehead atoms. The van der Waals surface area contributed by atoms with E-state index in [0.29, 0.717) is 5.41 Å². The zero-order chi connectivity index (χ0) is 16.1. The summed E-state index contributed by atoms with van der Waals surface area (Å²) in [6.07, 6.45) is 5.34. The molecule has 0 aromatic carbocycles. The van der Waals surface area contributed by atoms with Gasteiger partial charge in [0, 0.05) is 18.6 Å². The summed E-state index contributed by atoms with van der Waals surface area (Å²) < 4.78 is 0. The van der Waals surface area contributed by atoms with E-state index in [9.17, 15) is 0 Å². The van der Waals surface area contributed by atoms with Crippen molar-refractivity contribution in [2.45, 2.75) is 79.7 Å². The Kier molecular flexibility index (Phi) is 7.19. The van der Waals surface area contributed by atoms with Crippen LogP contribution in [0.5, 0.6) is 0 Å². The van der Waals surface area contributed by atoms with E-state index in [0.717, 1.165) is 18.4 Å². The number of nitrogens with one attached hydrogen (secondary N) is 1. The van der Waals surface area contributed by atoms with Gasteiger partial charge in [0.2, 0.25) is 0 Å². The van der Waals surface area contributed by atoms with Gasteiger partial charge >= 0.3 is 0 Å². The second-order valence-corrected chi connectivity index (χ2v) is 8.67. The predicted molar refractivity (Wildman–Crippen MR) is 94.8 cm³/mol. The predicted octanol–water partition coefficient (Wildman–Crippen LogP) is 4.55. The molecule has 0 aliphatic carbocycles. The summed E-state index contributed by atoms with van der Waals surface area (Å²) in [6, 6.07) is 0. The molecule has 2 heteroatoms. The minimum Gasteiger partial charge on any atom is -0.311 e. The Morgan fingerprint density at radius 2 is 1.57 bits per heavy atom. The lowest BCUT2D eigenvalue weighted by Gasteiger charge is -2.42. The van der Waals surface area contributed by atoms with Crippen LogP contribution in [-0.2, 0) is 0 Å². The van der Waals surface area contributed by atoms with Crippen LogP contribution in [0.15, 0.2) is 0 Å². The fourth-order valence-corrected chi connectivity index (χ4v) is 3.48. The number of piperidine rings is 1. The fourth-order valence-electron chi connectivity index (χ4n) is 3.48. The smallest absolute Gasteiger partial charge is 0.00967 e. The van der Waals surface area contributed by atoms with Crippen molar-refractivity contribution in [3.63, 3.8) is 0 Å². The van der Waals surface area contributed by atoms with Gasteiger partial charge in [0.15, 0.2) is 0 Å². The largest absolute Gasteiger partial charge is 0.311 e. The third-order valence-corrected chi connectivity index (χ3v) is 5.63. The van der Waals surface area contributed by atoms with Gasteiger partial charge in [-0.3, -0.25) is 0 Å². The van der Waals surface area contributed by atoms with Crippen molar-refractivity contribution >= 4 is 0 Å². The van der Waals surface area contributed by atoms with Crippen molar-refractivity contribution in [1.82, 2.24) is 10.2 Å². The van der Waals surface area contributed by atoms with Crippen LogP contribution >= 0.6 is 0 Å². The Morgan fingerprint density at radius 3 is 1.95 bits per heavy atom. The highest BCUT2D eigenvalue weighted by molar-refractivity contribution is 4.87. The monoisotopic (exact) mass is 296 g/mol. The van der Waals surface area contributed by atoms with Crippen LogP contribution in [-0.4, -0.2) is 36.6 Å². The molecule has 0 amide bonds. The quantitative estimate of drug-likeness (QED) is 0.741. The number of rotatable bonds is 7. The van der Waals surface area contributed by atoms with Gasteiger partial charge in [-0.2, -0.15) is 0 Å². The van der Waals surface area contributed by atoms with Gasteiger partial charge in [-0.15, -0.1) is 0 Å². The summed E-state index contributed by atoms with van der Waals surface area (Å²) in [4.78, 5) is 2.73. The Hall–Kier alpha value is -0.0800. The van der Waals surface area contributed by atoms with Crippen molar-refractivity contribution in [3.8, 4) is 0 Å². The van der Waals surface area contributed by atoms with Crippen molar-refractivity contribution in [1.29, 1.82) is 0 Å². The normalized spacial score (nSPS) is 19.4. The lowest BCUT2D eigenvalue weighted by Crippen LogP contribution is -2.50. The lowest BCUT2D eigenvalue weighted by molar-refractivity contribution is 0.0858. The summed E-state index contributed by atoms with van der Waals surface area (Å²) in [5.74, 6) is 1.81. The van der Waals surface area contributed by atoms with Crippen LogP contribution in [0.25, 0.3) is 0 Å². The molecular formula is C19H40N2. The first-order chi connectivity index (χ1) is 9.71. The second kappa shape index (κ2) is 7.97. The Labute approximate surface area is 134 Å². The maximum atomic E-state index is 3.75. The highest BCUT2D eigenvalue weighted by Crippen LogP contribution is 2.31. The molecule has 0 spiro atoms. The van der Waals surface area contributed by atoms with Gasteiger partial charge in [0.1, 0.15) is 0 Å². The summed E-state index contributed by atoms with van der Waals surface area (Å²) in [6.45, 7) is 21.4. The molecule has 0 atom stereocenters. The van der Waals surface area contributed by atoms with E-state index in [1.165, 1.54) is 45.3 Å². The lowest BCUT2D eigenvalue weighted by atomic mass is 9.79. The van der Waals surface area contributed by atoms with Gasteiger partial charge in [-0.25, -0.2) is 0 Å². The number of hydrogen-bond acceptors (Lipinski definition) is 2. The first-order valence-corrected chi connectivity index (χ1v) is 9.19. The van der Waals surface area contributed by atoms with Crippen molar-refractivity contribution < 1.29 is 0 Å². The molecule has 2 nitrogen and oxygen atoms in total. The van der Waals surface area contributed by atoms with E-state index in [1.54, 1.807) is 0 Å². The van der Waals surface area contributed by atoms with Gasteiger partial charge in [0.05, 0.1) is 0 Å². The number of hydrogen-bond donors (Lipinski definition) is 1. The first kappa shape index (κ1) is 19.0. The average molecular weight is 297 g/mol. The third kappa shape index (κ3) is 6.28. The molecule has 0 aromatic rings. The summed E-state index contributed by atoms with van der Waals surface area (Å²) >= 11 is 0. The molecule has 1 N–H and O–H groups in total. The Balaban J connectivity index is 2.54. The minimum atomic E-state index is 0.222. The van der Waals surface area contributed by atoms with Crippen LogP contribution in [0, 0.1) is 17.3 Å². The molecule has 0 radical (unpaired) electrons. The molecule has 0 aromatic heterocycles. The number of likely N-dealkylation sites (tertiary alicyclic amines) is 1. The SMILES string of the molecule is CCC(CC)(CNC(C)(C)C)CN1CCC(C(C)C)CC1. The topological polar surface area (TPSA) is 15.3 Å². The maximum Gasteiger partial charge on any atom is 0.00967 e. The van der Waals surface area contributed by atoms with E-state index >= 15 is 0 Å². The zero-order valence-corrected chi connectivity index (χ0v) is 15.8. The molecule has 1 aliphatic rings. The molecule has 1 heterocycles. The minimum absolute atomic E-state index is 0.222. The average Bonchev–Trinajstić information content (AvgIpc) is 2.43. The van der Waals surface area contributed by atoms with E-state index in [4.69, 9.17) is 0 Å². The van der Waals surface area contributed by atoms with E-state index in [1.807, 2.05) is 0 Å². The summed E-state index contributed by atoms with van der Waals surface area (Å²) in [7, 11) is 0. The first-order valence-electron chi connectivity index (χ1n) is 9.19. The third-order valence-electron chi connectivity index (χ3n) is 5.63. The van der Waals surface area contributed by atoms with Gasteiger partial charge in [-0.1, -0.05) is 27.7 Å². The molecule has 0 unspecified atom stereocenters.